The molecule has 27 heavy (non-hydrogen) atoms. The second kappa shape index (κ2) is 8.50. The van der Waals surface area contributed by atoms with Crippen molar-refractivity contribution >= 4 is 10.0 Å². The first-order valence-electron chi connectivity index (χ1n) is 9.10. The molecule has 2 aromatic carbocycles. The first-order valence-corrected chi connectivity index (χ1v) is 10.6. The first-order chi connectivity index (χ1) is 13.0. The smallest absolute Gasteiger partial charge is 0.240 e. The number of aryl methyl sites for hydroxylation is 3. The highest BCUT2D eigenvalue weighted by Crippen LogP contribution is 2.26. The van der Waals surface area contributed by atoms with Gasteiger partial charge in [0.25, 0.3) is 0 Å². The summed E-state index contributed by atoms with van der Waals surface area (Å²) >= 11 is 0. The minimum atomic E-state index is -3.59. The number of benzene rings is 2. The van der Waals surface area contributed by atoms with Gasteiger partial charge in [-0.05, 0) is 43.4 Å². The molecule has 0 atom stereocenters. The summed E-state index contributed by atoms with van der Waals surface area (Å²) in [7, 11) is -3.59. The number of hydrogen-bond acceptors (Lipinski definition) is 4. The van der Waals surface area contributed by atoms with Crippen molar-refractivity contribution in [3.63, 3.8) is 0 Å². The minimum absolute atomic E-state index is 0.302. The van der Waals surface area contributed by atoms with Crippen LogP contribution in [0.4, 0.5) is 0 Å². The Morgan fingerprint density at radius 3 is 2.52 bits per heavy atom. The van der Waals surface area contributed by atoms with Gasteiger partial charge < -0.3 is 4.52 Å². The lowest BCUT2D eigenvalue weighted by molar-refractivity contribution is 0.427. The van der Waals surface area contributed by atoms with Crippen molar-refractivity contribution in [2.24, 2.45) is 0 Å². The summed E-state index contributed by atoms with van der Waals surface area (Å²) < 4.78 is 33.7. The third-order valence-corrected chi connectivity index (χ3v) is 5.97. The summed E-state index contributed by atoms with van der Waals surface area (Å²) in [6.07, 6.45) is 2.21. The Kier molecular flexibility index (Phi) is 6.08. The van der Waals surface area contributed by atoms with Crippen LogP contribution in [0.1, 0.15) is 30.2 Å². The number of nitrogens with zero attached hydrogens (tertiary/aromatic N) is 1. The van der Waals surface area contributed by atoms with Crippen LogP contribution in [0.2, 0.25) is 0 Å². The van der Waals surface area contributed by atoms with Gasteiger partial charge in [0.2, 0.25) is 10.0 Å². The van der Waals surface area contributed by atoms with Crippen LogP contribution in [0.5, 0.6) is 0 Å². The Morgan fingerprint density at radius 2 is 1.85 bits per heavy atom. The van der Waals surface area contributed by atoms with Gasteiger partial charge in [0.05, 0.1) is 10.6 Å². The third-order valence-electron chi connectivity index (χ3n) is 4.43. The number of nitrogens with one attached hydrogen (secondary N) is 1. The van der Waals surface area contributed by atoms with Gasteiger partial charge in [0.15, 0.2) is 5.76 Å². The maximum Gasteiger partial charge on any atom is 0.240 e. The van der Waals surface area contributed by atoms with Gasteiger partial charge in [-0.15, -0.1) is 0 Å². The van der Waals surface area contributed by atoms with Crippen LogP contribution < -0.4 is 4.72 Å². The molecule has 1 heterocycles. The molecule has 0 fully saturated rings. The first kappa shape index (κ1) is 19.3. The van der Waals surface area contributed by atoms with Crippen LogP contribution in [0.3, 0.4) is 0 Å². The molecule has 0 radical (unpaired) electrons. The van der Waals surface area contributed by atoms with E-state index < -0.39 is 10.0 Å². The fourth-order valence-corrected chi connectivity index (χ4v) is 4.38. The molecule has 0 aliphatic carbocycles. The molecule has 0 saturated carbocycles. The van der Waals surface area contributed by atoms with Crippen LogP contribution in [-0.2, 0) is 22.9 Å². The standard InChI is InChI=1S/C21H24N2O3S/c1-3-18-11-12-19(20-14-16(2)23-26-20)15-21(18)27(24,25)22-13-7-10-17-8-5-4-6-9-17/h4-6,8-9,11-12,14-15,22H,3,7,10,13H2,1-2H3. The van der Waals surface area contributed by atoms with E-state index in [1.807, 2.05) is 56.3 Å². The lowest BCUT2D eigenvalue weighted by Crippen LogP contribution is -2.26. The van der Waals surface area contributed by atoms with Crippen LogP contribution in [-0.4, -0.2) is 20.1 Å². The molecule has 5 nitrogen and oxygen atoms in total. The third kappa shape index (κ3) is 4.84. The van der Waals surface area contributed by atoms with E-state index in [9.17, 15) is 8.42 Å². The topological polar surface area (TPSA) is 72.2 Å². The molecular weight excluding hydrogens is 360 g/mol. The summed E-state index contributed by atoms with van der Waals surface area (Å²) in [5.74, 6) is 0.565. The fourth-order valence-electron chi connectivity index (χ4n) is 2.97. The van der Waals surface area contributed by atoms with E-state index in [0.717, 1.165) is 24.1 Å². The number of aromatic nitrogens is 1. The van der Waals surface area contributed by atoms with Crippen LogP contribution in [0, 0.1) is 6.92 Å². The van der Waals surface area contributed by atoms with Gasteiger partial charge in [-0.25, -0.2) is 13.1 Å². The molecule has 3 rings (SSSR count). The largest absolute Gasteiger partial charge is 0.356 e. The van der Waals surface area contributed by atoms with Crippen molar-refractivity contribution < 1.29 is 12.9 Å². The maximum atomic E-state index is 12.9. The van der Waals surface area contributed by atoms with Crippen molar-refractivity contribution in [3.05, 3.63) is 71.4 Å². The summed E-state index contributed by atoms with van der Waals surface area (Å²) in [5, 5.41) is 3.88. The molecule has 0 saturated heterocycles. The van der Waals surface area contributed by atoms with Crippen molar-refractivity contribution in [2.75, 3.05) is 6.54 Å². The highest BCUT2D eigenvalue weighted by molar-refractivity contribution is 7.89. The fraction of sp³-hybridized carbons (Fsp3) is 0.286. The molecule has 1 N–H and O–H groups in total. The van der Waals surface area contributed by atoms with E-state index in [4.69, 9.17) is 4.52 Å². The summed E-state index contributed by atoms with van der Waals surface area (Å²) in [5.41, 5.74) is 3.45. The molecule has 3 aromatic rings. The highest BCUT2D eigenvalue weighted by atomic mass is 32.2. The molecule has 0 bridgehead atoms. The summed E-state index contributed by atoms with van der Waals surface area (Å²) in [4.78, 5) is 0.302. The zero-order valence-corrected chi connectivity index (χ0v) is 16.4. The number of sulfonamides is 1. The predicted octanol–water partition coefficient (Wildman–Crippen LogP) is 4.12. The highest BCUT2D eigenvalue weighted by Gasteiger charge is 2.19. The molecule has 142 valence electrons. The Morgan fingerprint density at radius 1 is 1.07 bits per heavy atom. The quantitative estimate of drug-likeness (QED) is 0.593. The molecular formula is C21H24N2O3S. The van der Waals surface area contributed by atoms with Crippen LogP contribution >= 0.6 is 0 Å². The minimum Gasteiger partial charge on any atom is -0.356 e. The molecule has 0 aliphatic heterocycles. The zero-order chi connectivity index (χ0) is 19.3. The van der Waals surface area contributed by atoms with Gasteiger partial charge in [0, 0.05) is 18.2 Å². The van der Waals surface area contributed by atoms with E-state index in [0.29, 0.717) is 29.2 Å². The maximum absolute atomic E-state index is 12.9. The molecule has 0 amide bonds. The second-order valence-corrected chi connectivity index (χ2v) is 8.23. The van der Waals surface area contributed by atoms with E-state index in [1.54, 1.807) is 12.1 Å². The van der Waals surface area contributed by atoms with Crippen molar-refractivity contribution in [1.82, 2.24) is 9.88 Å². The van der Waals surface area contributed by atoms with Crippen molar-refractivity contribution in [1.29, 1.82) is 0 Å². The Labute approximate surface area is 160 Å². The zero-order valence-electron chi connectivity index (χ0n) is 15.6. The molecule has 0 unspecified atom stereocenters. The van der Waals surface area contributed by atoms with Gasteiger partial charge in [0.1, 0.15) is 0 Å². The molecule has 1 aromatic heterocycles. The van der Waals surface area contributed by atoms with Gasteiger partial charge in [-0.1, -0.05) is 54.5 Å². The second-order valence-electron chi connectivity index (χ2n) is 6.50. The average Bonchev–Trinajstić information content (AvgIpc) is 3.12. The number of hydrogen-bond donors (Lipinski definition) is 1. The van der Waals surface area contributed by atoms with Gasteiger partial charge in [-0.2, -0.15) is 0 Å². The van der Waals surface area contributed by atoms with Crippen LogP contribution in [0.15, 0.2) is 64.0 Å². The normalized spacial score (nSPS) is 11.6. The lowest BCUT2D eigenvalue weighted by Gasteiger charge is -2.12. The average molecular weight is 385 g/mol. The SMILES string of the molecule is CCc1ccc(-c2cc(C)no2)cc1S(=O)(=O)NCCCc1ccccc1. The molecule has 6 heteroatoms. The van der Waals surface area contributed by atoms with Crippen molar-refractivity contribution in [2.45, 2.75) is 38.0 Å². The predicted molar refractivity (Wildman–Crippen MR) is 106 cm³/mol. The Hall–Kier alpha value is -2.44. The Bertz CT molecular complexity index is 995. The van der Waals surface area contributed by atoms with Crippen LogP contribution in [0.25, 0.3) is 11.3 Å². The lowest BCUT2D eigenvalue weighted by atomic mass is 10.1. The Balaban J connectivity index is 1.74. The van der Waals surface area contributed by atoms with Crippen molar-refractivity contribution in [3.8, 4) is 11.3 Å². The van der Waals surface area contributed by atoms with Gasteiger partial charge >= 0.3 is 0 Å². The molecule has 0 aliphatic rings. The summed E-state index contributed by atoms with van der Waals surface area (Å²) in [6, 6.07) is 17.2. The van der Waals surface area contributed by atoms with E-state index in [-0.39, 0.29) is 0 Å². The van der Waals surface area contributed by atoms with E-state index >= 15 is 0 Å². The van der Waals surface area contributed by atoms with E-state index in [2.05, 4.69) is 9.88 Å². The monoisotopic (exact) mass is 384 g/mol. The van der Waals surface area contributed by atoms with Gasteiger partial charge in [-0.3, -0.25) is 0 Å². The molecule has 0 spiro atoms. The van der Waals surface area contributed by atoms with E-state index in [1.165, 1.54) is 5.56 Å². The summed E-state index contributed by atoms with van der Waals surface area (Å²) in [6.45, 7) is 4.17. The number of rotatable bonds is 8.